The lowest BCUT2D eigenvalue weighted by atomic mass is 9.96. The molecule has 2 amide bonds. The van der Waals surface area contributed by atoms with Crippen molar-refractivity contribution in [3.63, 3.8) is 0 Å². The number of para-hydroxylation sites is 1. The van der Waals surface area contributed by atoms with Crippen LogP contribution in [0.15, 0.2) is 30.3 Å². The number of halogens is 1. The molecule has 7 heteroatoms. The normalized spacial score (nSPS) is 19.4. The van der Waals surface area contributed by atoms with Crippen molar-refractivity contribution in [1.82, 2.24) is 15.5 Å². The van der Waals surface area contributed by atoms with Gasteiger partial charge in [-0.25, -0.2) is 0 Å². The molecule has 0 bridgehead atoms. The number of amides is 2. The van der Waals surface area contributed by atoms with E-state index in [2.05, 4.69) is 20.9 Å². The molecule has 2 heterocycles. The highest BCUT2D eigenvalue weighted by Gasteiger charge is 2.26. The van der Waals surface area contributed by atoms with Gasteiger partial charge in [0, 0.05) is 30.7 Å². The van der Waals surface area contributed by atoms with Gasteiger partial charge in [0.05, 0.1) is 6.54 Å². The Balaban J connectivity index is 0.00000243. The molecular weight excluding hydrogens is 352 g/mol. The Morgan fingerprint density at radius 3 is 2.35 bits per heavy atom. The van der Waals surface area contributed by atoms with Crippen molar-refractivity contribution >= 4 is 29.9 Å². The average molecular weight is 381 g/mol. The van der Waals surface area contributed by atoms with Crippen molar-refractivity contribution in [2.45, 2.75) is 31.7 Å². The van der Waals surface area contributed by atoms with E-state index < -0.39 is 0 Å². The van der Waals surface area contributed by atoms with Crippen LogP contribution in [0.3, 0.4) is 0 Å². The number of hydrogen-bond acceptors (Lipinski definition) is 4. The lowest BCUT2D eigenvalue weighted by Crippen LogP contribution is -2.48. The summed E-state index contributed by atoms with van der Waals surface area (Å²) in [6.45, 7) is 3.97. The van der Waals surface area contributed by atoms with Gasteiger partial charge in [-0.3, -0.25) is 14.5 Å². The highest BCUT2D eigenvalue weighted by atomic mass is 35.5. The number of nitrogens with zero attached hydrogens (tertiary/aromatic N) is 1. The van der Waals surface area contributed by atoms with Crippen molar-refractivity contribution in [3.8, 4) is 0 Å². The van der Waals surface area contributed by atoms with E-state index >= 15 is 0 Å². The smallest absolute Gasteiger partial charge is 0.238 e. The summed E-state index contributed by atoms with van der Waals surface area (Å²) >= 11 is 0. The third kappa shape index (κ3) is 6.27. The third-order valence-corrected chi connectivity index (χ3v) is 5.07. The Bertz CT molecular complexity index is 570. The van der Waals surface area contributed by atoms with Gasteiger partial charge in [-0.2, -0.15) is 0 Å². The molecule has 0 spiro atoms. The van der Waals surface area contributed by atoms with Gasteiger partial charge in [0.1, 0.15) is 0 Å². The van der Waals surface area contributed by atoms with Crippen LogP contribution in [0.1, 0.15) is 25.7 Å². The molecule has 1 aromatic rings. The molecule has 0 aliphatic carbocycles. The van der Waals surface area contributed by atoms with E-state index in [9.17, 15) is 9.59 Å². The van der Waals surface area contributed by atoms with Gasteiger partial charge >= 0.3 is 0 Å². The molecule has 0 atom stereocenters. The largest absolute Gasteiger partial charge is 0.353 e. The number of likely N-dealkylation sites (tertiary alicyclic amines) is 1. The van der Waals surface area contributed by atoms with Crippen LogP contribution in [0.2, 0.25) is 0 Å². The minimum atomic E-state index is 0. The second-order valence-electron chi connectivity index (χ2n) is 7.00. The van der Waals surface area contributed by atoms with Crippen molar-refractivity contribution in [3.05, 3.63) is 30.3 Å². The van der Waals surface area contributed by atoms with Crippen molar-refractivity contribution in [2.75, 3.05) is 38.0 Å². The summed E-state index contributed by atoms with van der Waals surface area (Å²) in [7, 11) is 0. The maximum atomic E-state index is 12.3. The highest BCUT2D eigenvalue weighted by molar-refractivity contribution is 5.92. The first kappa shape index (κ1) is 20.7. The zero-order valence-electron chi connectivity index (χ0n) is 15.1. The molecule has 144 valence electrons. The van der Waals surface area contributed by atoms with E-state index in [0.717, 1.165) is 57.5 Å². The third-order valence-electron chi connectivity index (χ3n) is 5.07. The molecule has 3 rings (SSSR count). The van der Waals surface area contributed by atoms with Gasteiger partial charge in [-0.1, -0.05) is 18.2 Å². The first-order valence-electron chi connectivity index (χ1n) is 9.29. The lowest BCUT2D eigenvalue weighted by molar-refractivity contribution is -0.127. The van der Waals surface area contributed by atoms with Gasteiger partial charge in [-0.15, -0.1) is 12.4 Å². The molecule has 2 saturated heterocycles. The van der Waals surface area contributed by atoms with Crippen LogP contribution >= 0.6 is 12.4 Å². The Kier molecular flexibility index (Phi) is 8.35. The molecule has 2 aliphatic heterocycles. The Hall–Kier alpha value is -1.63. The van der Waals surface area contributed by atoms with Crippen LogP contribution < -0.4 is 16.0 Å². The lowest BCUT2D eigenvalue weighted by Gasteiger charge is -2.33. The maximum Gasteiger partial charge on any atom is 0.238 e. The summed E-state index contributed by atoms with van der Waals surface area (Å²) in [6.07, 6.45) is 3.69. The molecule has 6 nitrogen and oxygen atoms in total. The van der Waals surface area contributed by atoms with E-state index in [-0.39, 0.29) is 36.2 Å². The van der Waals surface area contributed by atoms with E-state index in [0.29, 0.717) is 6.54 Å². The topological polar surface area (TPSA) is 73.5 Å². The van der Waals surface area contributed by atoms with E-state index in [4.69, 9.17) is 0 Å². The second-order valence-corrected chi connectivity index (χ2v) is 7.00. The first-order valence-corrected chi connectivity index (χ1v) is 9.29. The average Bonchev–Trinajstić information content (AvgIpc) is 2.65. The monoisotopic (exact) mass is 380 g/mol. The molecule has 26 heavy (non-hydrogen) atoms. The summed E-state index contributed by atoms with van der Waals surface area (Å²) in [4.78, 5) is 26.6. The van der Waals surface area contributed by atoms with Crippen LogP contribution in [0.5, 0.6) is 0 Å². The Morgan fingerprint density at radius 2 is 1.69 bits per heavy atom. The summed E-state index contributed by atoms with van der Waals surface area (Å²) in [5, 5.41) is 9.42. The highest BCUT2D eigenvalue weighted by Crippen LogP contribution is 2.15. The molecule has 1 aromatic carbocycles. The molecular formula is C19H29ClN4O2. The van der Waals surface area contributed by atoms with Gasteiger partial charge in [0.2, 0.25) is 11.8 Å². The maximum absolute atomic E-state index is 12.3. The molecule has 0 aromatic heterocycles. The zero-order chi connectivity index (χ0) is 17.5. The van der Waals surface area contributed by atoms with Gasteiger partial charge in [0.15, 0.2) is 0 Å². The minimum absolute atomic E-state index is 0. The number of carbonyl (C=O) groups is 2. The number of anilines is 1. The summed E-state index contributed by atoms with van der Waals surface area (Å²) in [6, 6.07) is 9.77. The molecule has 0 saturated carbocycles. The summed E-state index contributed by atoms with van der Waals surface area (Å²) in [5.74, 6) is 0.390. The quantitative estimate of drug-likeness (QED) is 0.725. The number of carbonyl (C=O) groups excluding carboxylic acids is 2. The zero-order valence-corrected chi connectivity index (χ0v) is 15.9. The van der Waals surface area contributed by atoms with Gasteiger partial charge in [0.25, 0.3) is 0 Å². The predicted molar refractivity (Wildman–Crippen MR) is 106 cm³/mol. The van der Waals surface area contributed by atoms with E-state index in [1.807, 2.05) is 30.3 Å². The summed E-state index contributed by atoms with van der Waals surface area (Å²) < 4.78 is 0. The van der Waals surface area contributed by atoms with E-state index in [1.54, 1.807) is 0 Å². The second kappa shape index (κ2) is 10.5. The molecule has 0 unspecified atom stereocenters. The number of piperidine rings is 2. The van der Waals surface area contributed by atoms with Gasteiger partial charge in [-0.05, 0) is 50.9 Å². The molecule has 2 aliphatic rings. The van der Waals surface area contributed by atoms with Crippen LogP contribution in [0.4, 0.5) is 5.69 Å². The van der Waals surface area contributed by atoms with Crippen LogP contribution in [-0.2, 0) is 9.59 Å². The van der Waals surface area contributed by atoms with Crippen LogP contribution in [0, 0.1) is 5.92 Å². The van der Waals surface area contributed by atoms with Gasteiger partial charge < -0.3 is 16.0 Å². The van der Waals surface area contributed by atoms with Crippen molar-refractivity contribution in [2.24, 2.45) is 5.92 Å². The standard InChI is InChI=1S/C19H28N4O2.ClH/c24-18(21-16-4-2-1-3-5-16)14-23-12-8-17(9-13-23)22-19(25)15-6-10-20-11-7-15;/h1-5,15,17,20H,6-14H2,(H,21,24)(H,22,25);1H. The fourth-order valence-electron chi connectivity index (χ4n) is 3.56. The van der Waals surface area contributed by atoms with Crippen LogP contribution in [-0.4, -0.2) is 55.5 Å². The first-order chi connectivity index (χ1) is 12.2. The predicted octanol–water partition coefficient (Wildman–Crippen LogP) is 1.63. The fourth-order valence-corrected chi connectivity index (χ4v) is 3.56. The van der Waals surface area contributed by atoms with Crippen molar-refractivity contribution < 1.29 is 9.59 Å². The van der Waals surface area contributed by atoms with Crippen molar-refractivity contribution in [1.29, 1.82) is 0 Å². The minimum Gasteiger partial charge on any atom is -0.353 e. The number of rotatable bonds is 5. The molecule has 0 radical (unpaired) electrons. The Morgan fingerprint density at radius 1 is 1.04 bits per heavy atom. The summed E-state index contributed by atoms with van der Waals surface area (Å²) in [5.41, 5.74) is 0.830. The number of nitrogens with one attached hydrogen (secondary N) is 3. The van der Waals surface area contributed by atoms with Crippen LogP contribution in [0.25, 0.3) is 0 Å². The molecule has 2 fully saturated rings. The molecule has 3 N–H and O–H groups in total. The fraction of sp³-hybridized carbons (Fsp3) is 0.579. The number of hydrogen-bond donors (Lipinski definition) is 3. The van der Waals surface area contributed by atoms with E-state index in [1.165, 1.54) is 0 Å². The Labute approximate surface area is 161 Å². The number of benzene rings is 1. The SMILES string of the molecule is Cl.O=C(CN1CCC(NC(=O)C2CCNCC2)CC1)Nc1ccccc1.